The summed E-state index contributed by atoms with van der Waals surface area (Å²) < 4.78 is 16.6. The highest BCUT2D eigenvalue weighted by Gasteiger charge is 2.26. The van der Waals surface area contributed by atoms with E-state index in [9.17, 15) is 9.59 Å². The van der Waals surface area contributed by atoms with Gasteiger partial charge in [-0.3, -0.25) is 14.6 Å². The maximum Gasteiger partial charge on any atom is 0.260 e. The fourth-order valence-electron chi connectivity index (χ4n) is 3.83. The van der Waals surface area contributed by atoms with Gasteiger partial charge in [0.15, 0.2) is 0 Å². The second kappa shape index (κ2) is 9.79. The first kappa shape index (κ1) is 23.7. The summed E-state index contributed by atoms with van der Waals surface area (Å²) >= 11 is 12.3. The predicted molar refractivity (Wildman–Crippen MR) is 133 cm³/mol. The van der Waals surface area contributed by atoms with E-state index < -0.39 is 11.7 Å². The van der Waals surface area contributed by atoms with Crippen LogP contribution in [0, 0.1) is 12.7 Å². The summed E-state index contributed by atoms with van der Waals surface area (Å²) in [5, 5.41) is 0.593. The second-order valence-electron chi connectivity index (χ2n) is 7.78. The van der Waals surface area contributed by atoms with Crippen molar-refractivity contribution < 1.29 is 9.18 Å². The van der Waals surface area contributed by atoms with Crippen molar-refractivity contribution >= 4 is 34.8 Å². The maximum absolute atomic E-state index is 15.2. The molecule has 2 aromatic carbocycles. The maximum atomic E-state index is 15.2. The van der Waals surface area contributed by atoms with Crippen LogP contribution >= 0.6 is 23.2 Å². The normalized spacial score (nSPS) is 10.9. The third-order valence-corrected chi connectivity index (χ3v) is 6.04. The summed E-state index contributed by atoms with van der Waals surface area (Å²) in [7, 11) is 1.58. The zero-order valence-corrected chi connectivity index (χ0v) is 19.9. The molecule has 0 aliphatic heterocycles. The van der Waals surface area contributed by atoms with E-state index in [0.717, 1.165) is 11.6 Å². The minimum atomic E-state index is -0.646. The molecule has 0 radical (unpaired) electrons. The summed E-state index contributed by atoms with van der Waals surface area (Å²) in [4.78, 5) is 32.4. The zero-order valence-electron chi connectivity index (χ0n) is 18.4. The Kier molecular flexibility index (Phi) is 6.82. The highest BCUT2D eigenvalue weighted by atomic mass is 35.5. The number of para-hydroxylation sites is 1. The van der Waals surface area contributed by atoms with Gasteiger partial charge in [-0.1, -0.05) is 41.4 Å². The molecule has 0 spiro atoms. The zero-order chi connectivity index (χ0) is 24.4. The number of anilines is 1. The molecule has 0 saturated heterocycles. The van der Waals surface area contributed by atoms with Crippen molar-refractivity contribution in [3.05, 3.63) is 116 Å². The number of aromatic nitrogens is 2. The lowest BCUT2D eigenvalue weighted by Crippen LogP contribution is -2.32. The molecule has 4 aromatic rings. The predicted octanol–water partition coefficient (Wildman–Crippen LogP) is 5.99. The monoisotopic (exact) mass is 495 g/mol. The fraction of sp³-hybridized carbons (Fsp3) is 0.115. The number of hydrogen-bond acceptors (Lipinski definition) is 3. The molecule has 34 heavy (non-hydrogen) atoms. The Morgan fingerprint density at radius 3 is 2.53 bits per heavy atom. The number of carbonyl (C=O) groups is 1. The van der Waals surface area contributed by atoms with Gasteiger partial charge in [-0.15, -0.1) is 0 Å². The summed E-state index contributed by atoms with van der Waals surface area (Å²) in [5.41, 5.74) is 1.69. The number of nitrogens with zero attached hydrogens (tertiary/aromatic N) is 3. The van der Waals surface area contributed by atoms with E-state index >= 15 is 4.39 Å². The molecule has 5 nitrogen and oxygen atoms in total. The van der Waals surface area contributed by atoms with E-state index in [4.69, 9.17) is 23.2 Å². The molecule has 4 rings (SSSR count). The average Bonchev–Trinajstić information content (AvgIpc) is 2.81. The van der Waals surface area contributed by atoms with Crippen molar-refractivity contribution in [1.82, 2.24) is 9.55 Å². The number of carbonyl (C=O) groups excluding carboxylic acids is 1. The molecule has 8 heteroatoms. The van der Waals surface area contributed by atoms with Gasteiger partial charge in [-0.05, 0) is 54.4 Å². The SMILES string of the molecule is Cc1cc(=O)n(Cc2cccnc2)c(-c2ccc(Cl)cc2F)c1C(=O)N(C)c1ccccc1Cl. The second-order valence-corrected chi connectivity index (χ2v) is 8.62. The third-order valence-electron chi connectivity index (χ3n) is 5.49. The van der Waals surface area contributed by atoms with E-state index in [1.165, 1.54) is 27.7 Å². The van der Waals surface area contributed by atoms with E-state index in [0.29, 0.717) is 16.3 Å². The van der Waals surface area contributed by atoms with Gasteiger partial charge in [0.2, 0.25) is 0 Å². The Morgan fingerprint density at radius 1 is 1.09 bits per heavy atom. The molecule has 0 N–H and O–H groups in total. The first-order chi connectivity index (χ1) is 16.3. The molecular formula is C26H20Cl2FN3O2. The quantitative estimate of drug-likeness (QED) is 0.341. The molecule has 172 valence electrons. The lowest BCUT2D eigenvalue weighted by molar-refractivity contribution is 0.0992. The lowest BCUT2D eigenvalue weighted by atomic mass is 9.98. The van der Waals surface area contributed by atoms with Crippen LogP contribution in [0.4, 0.5) is 10.1 Å². The van der Waals surface area contributed by atoms with Crippen LogP contribution in [-0.4, -0.2) is 22.5 Å². The summed E-state index contributed by atoms with van der Waals surface area (Å²) in [6, 6.07) is 16.0. The first-order valence-electron chi connectivity index (χ1n) is 10.4. The van der Waals surface area contributed by atoms with Crippen LogP contribution in [0.15, 0.2) is 77.9 Å². The Morgan fingerprint density at radius 2 is 1.85 bits per heavy atom. The molecule has 0 aliphatic rings. The molecule has 0 saturated carbocycles. The van der Waals surface area contributed by atoms with Crippen LogP contribution in [0.5, 0.6) is 0 Å². The van der Waals surface area contributed by atoms with Crippen molar-refractivity contribution in [1.29, 1.82) is 0 Å². The van der Waals surface area contributed by atoms with Crippen LogP contribution in [-0.2, 0) is 6.54 Å². The lowest BCUT2D eigenvalue weighted by Gasteiger charge is -2.24. The largest absolute Gasteiger partial charge is 0.310 e. The standard InChI is InChI=1S/C26H20Cl2FN3O2/c1-16-12-23(33)32(15-17-6-5-11-30-14-17)25(19-10-9-18(27)13-21(19)29)24(16)26(34)31(2)22-8-4-3-7-20(22)28/h3-14H,15H2,1-2H3. The highest BCUT2D eigenvalue weighted by Crippen LogP contribution is 2.32. The average molecular weight is 496 g/mol. The van der Waals surface area contributed by atoms with Gasteiger partial charge < -0.3 is 9.47 Å². The smallest absolute Gasteiger partial charge is 0.260 e. The van der Waals surface area contributed by atoms with E-state index in [-0.39, 0.29) is 33.9 Å². The minimum absolute atomic E-state index is 0.0880. The highest BCUT2D eigenvalue weighted by molar-refractivity contribution is 6.34. The number of pyridine rings is 2. The van der Waals surface area contributed by atoms with Crippen molar-refractivity contribution in [2.75, 3.05) is 11.9 Å². The van der Waals surface area contributed by atoms with Gasteiger partial charge in [0.05, 0.1) is 28.5 Å². The van der Waals surface area contributed by atoms with Gasteiger partial charge in [-0.2, -0.15) is 0 Å². The summed E-state index contributed by atoms with van der Waals surface area (Å²) in [6.45, 7) is 1.75. The first-order valence-corrected chi connectivity index (χ1v) is 11.1. The molecule has 2 heterocycles. The number of hydrogen-bond donors (Lipinski definition) is 0. The van der Waals surface area contributed by atoms with Crippen molar-refractivity contribution in [2.24, 2.45) is 0 Å². The number of rotatable bonds is 5. The molecule has 1 amide bonds. The molecule has 2 aromatic heterocycles. The summed E-state index contributed by atoms with van der Waals surface area (Å²) in [5.74, 6) is -1.08. The summed E-state index contributed by atoms with van der Waals surface area (Å²) in [6.07, 6.45) is 3.24. The van der Waals surface area contributed by atoms with Gasteiger partial charge in [0, 0.05) is 36.1 Å². The van der Waals surface area contributed by atoms with Crippen LogP contribution in [0.25, 0.3) is 11.3 Å². The number of amides is 1. The topological polar surface area (TPSA) is 55.2 Å². The molecular weight excluding hydrogens is 476 g/mol. The Hall–Kier alpha value is -3.48. The van der Waals surface area contributed by atoms with E-state index in [1.807, 2.05) is 0 Å². The van der Waals surface area contributed by atoms with Gasteiger partial charge in [0.1, 0.15) is 5.82 Å². The number of halogens is 3. The fourth-order valence-corrected chi connectivity index (χ4v) is 4.25. The molecule has 0 aliphatic carbocycles. The van der Waals surface area contributed by atoms with Crippen molar-refractivity contribution in [2.45, 2.75) is 13.5 Å². The minimum Gasteiger partial charge on any atom is -0.310 e. The molecule has 0 unspecified atom stereocenters. The van der Waals surface area contributed by atoms with Gasteiger partial charge in [-0.25, -0.2) is 4.39 Å². The Labute approximate surface area is 206 Å². The third kappa shape index (κ3) is 4.60. The molecule has 0 bridgehead atoms. The van der Waals surface area contributed by atoms with Crippen molar-refractivity contribution in [3.63, 3.8) is 0 Å². The van der Waals surface area contributed by atoms with Crippen molar-refractivity contribution in [3.8, 4) is 11.3 Å². The van der Waals surface area contributed by atoms with E-state index in [1.54, 1.807) is 62.8 Å². The molecule has 0 fully saturated rings. The van der Waals surface area contributed by atoms with E-state index in [2.05, 4.69) is 4.98 Å². The van der Waals surface area contributed by atoms with Crippen LogP contribution in [0.2, 0.25) is 10.0 Å². The van der Waals surface area contributed by atoms with Gasteiger partial charge in [0.25, 0.3) is 11.5 Å². The van der Waals surface area contributed by atoms with Crippen LogP contribution in [0.1, 0.15) is 21.5 Å². The van der Waals surface area contributed by atoms with Crippen LogP contribution in [0.3, 0.4) is 0 Å². The Bertz CT molecular complexity index is 1440. The van der Waals surface area contributed by atoms with Crippen LogP contribution < -0.4 is 10.5 Å². The number of aryl methyl sites for hydroxylation is 1. The number of benzene rings is 2. The Balaban J connectivity index is 1.99. The molecule has 0 atom stereocenters. The van der Waals surface area contributed by atoms with Gasteiger partial charge >= 0.3 is 0 Å².